The second-order valence-electron chi connectivity index (χ2n) is 6.69. The molecule has 0 bridgehead atoms. The highest BCUT2D eigenvalue weighted by Crippen LogP contribution is 2.33. The fraction of sp³-hybridized carbons (Fsp3) is 0.190. The predicted molar refractivity (Wildman–Crippen MR) is 112 cm³/mol. The molecule has 6 nitrogen and oxygen atoms in total. The molecule has 150 valence electrons. The quantitative estimate of drug-likeness (QED) is 0.549. The minimum absolute atomic E-state index is 0.0749. The summed E-state index contributed by atoms with van der Waals surface area (Å²) in [5, 5.41) is 3.18. The summed E-state index contributed by atoms with van der Waals surface area (Å²) in [5.74, 6) is -2.03. The number of benzene rings is 2. The molecule has 0 unspecified atom stereocenters. The van der Waals surface area contributed by atoms with Gasteiger partial charge in [-0.25, -0.2) is 9.69 Å². The maximum absolute atomic E-state index is 13.0. The number of nitrogens with zero attached hydrogens (tertiary/aromatic N) is 1. The monoisotopic (exact) mass is 432 g/mol. The van der Waals surface area contributed by atoms with E-state index >= 15 is 0 Å². The minimum atomic E-state index is -0.726. The van der Waals surface area contributed by atoms with Crippen LogP contribution in [0, 0.1) is 6.92 Å². The van der Waals surface area contributed by atoms with Crippen LogP contribution in [0.3, 0.4) is 0 Å². The third kappa shape index (κ3) is 4.13. The fourth-order valence-corrected chi connectivity index (χ4v) is 3.29. The second-order valence-corrected chi connectivity index (χ2v) is 7.50. The first kappa shape index (κ1) is 20.9. The molecule has 0 radical (unpaired) electrons. The number of carbonyl (C=O) groups is 3. The number of hydrogen-bond donors (Lipinski definition) is 1. The molecule has 1 heterocycles. The Morgan fingerprint density at radius 1 is 1.07 bits per heavy atom. The first-order chi connectivity index (χ1) is 13.7. The molecular formula is C21H18Cl2N2O4. The van der Waals surface area contributed by atoms with Gasteiger partial charge in [-0.2, -0.15) is 0 Å². The Bertz CT molecular complexity index is 1050. The van der Waals surface area contributed by atoms with E-state index in [4.69, 9.17) is 27.9 Å². The number of esters is 1. The second kappa shape index (κ2) is 8.27. The first-order valence-corrected chi connectivity index (χ1v) is 9.58. The van der Waals surface area contributed by atoms with E-state index in [0.29, 0.717) is 10.7 Å². The van der Waals surface area contributed by atoms with E-state index in [9.17, 15) is 14.4 Å². The standard InChI is InChI=1S/C21H18Cl2N2O4/c1-11(2)29-21(28)14-6-4-5-7-16(14)25-19(26)17(23)18(20(25)27)24-15-9-8-13(22)10-12(15)3/h4-11,24H,1-3H3. The number of halogens is 2. The van der Waals surface area contributed by atoms with Crippen LogP contribution < -0.4 is 10.2 Å². The Balaban J connectivity index is 1.96. The number of amides is 2. The molecule has 0 aliphatic carbocycles. The smallest absolute Gasteiger partial charge is 0.340 e. The van der Waals surface area contributed by atoms with Gasteiger partial charge in [0.2, 0.25) is 0 Å². The molecule has 0 saturated carbocycles. The Hall–Kier alpha value is -2.83. The van der Waals surface area contributed by atoms with Gasteiger partial charge >= 0.3 is 5.97 Å². The van der Waals surface area contributed by atoms with Crippen molar-refractivity contribution in [1.29, 1.82) is 0 Å². The number of aryl methyl sites for hydroxylation is 1. The normalized spacial score (nSPS) is 14.1. The molecule has 0 atom stereocenters. The van der Waals surface area contributed by atoms with Crippen molar-refractivity contribution < 1.29 is 19.1 Å². The largest absolute Gasteiger partial charge is 0.459 e. The van der Waals surface area contributed by atoms with E-state index in [1.54, 1.807) is 51.1 Å². The van der Waals surface area contributed by atoms with Crippen LogP contribution in [0.1, 0.15) is 29.8 Å². The van der Waals surface area contributed by atoms with Crippen LogP contribution >= 0.6 is 23.2 Å². The van der Waals surface area contributed by atoms with Gasteiger partial charge in [-0.15, -0.1) is 0 Å². The van der Waals surface area contributed by atoms with E-state index in [0.717, 1.165) is 10.5 Å². The number of carbonyl (C=O) groups excluding carboxylic acids is 3. The van der Waals surface area contributed by atoms with E-state index in [-0.39, 0.29) is 28.1 Å². The summed E-state index contributed by atoms with van der Waals surface area (Å²) in [6, 6.07) is 11.3. The summed E-state index contributed by atoms with van der Waals surface area (Å²) < 4.78 is 5.22. The Morgan fingerprint density at radius 3 is 2.41 bits per heavy atom. The van der Waals surface area contributed by atoms with Crippen molar-refractivity contribution in [3.63, 3.8) is 0 Å². The molecule has 2 amide bonds. The first-order valence-electron chi connectivity index (χ1n) is 8.82. The molecule has 0 aromatic heterocycles. The molecule has 0 fully saturated rings. The van der Waals surface area contributed by atoms with Crippen molar-refractivity contribution >= 4 is 52.4 Å². The number of anilines is 2. The van der Waals surface area contributed by atoms with Crippen LogP contribution in [0.5, 0.6) is 0 Å². The summed E-state index contributed by atoms with van der Waals surface area (Å²) in [4.78, 5) is 39.1. The Labute approximate surface area is 178 Å². The lowest BCUT2D eigenvalue weighted by atomic mass is 10.1. The lowest BCUT2D eigenvalue weighted by molar-refractivity contribution is -0.120. The predicted octanol–water partition coefficient (Wildman–Crippen LogP) is 4.65. The zero-order valence-corrected chi connectivity index (χ0v) is 17.5. The van der Waals surface area contributed by atoms with Gasteiger partial charge in [0, 0.05) is 10.7 Å². The molecule has 0 saturated heterocycles. The van der Waals surface area contributed by atoms with Gasteiger partial charge in [-0.1, -0.05) is 35.3 Å². The highest BCUT2D eigenvalue weighted by molar-refractivity contribution is 6.53. The Morgan fingerprint density at radius 2 is 1.76 bits per heavy atom. The van der Waals surface area contributed by atoms with Crippen LogP contribution in [-0.4, -0.2) is 23.9 Å². The number of hydrogen-bond acceptors (Lipinski definition) is 5. The van der Waals surface area contributed by atoms with Crippen molar-refractivity contribution in [2.24, 2.45) is 0 Å². The number of imide groups is 1. The molecule has 1 aliphatic rings. The average Bonchev–Trinajstić information content (AvgIpc) is 2.86. The SMILES string of the molecule is Cc1cc(Cl)ccc1NC1=C(Cl)C(=O)N(c2ccccc2C(=O)OC(C)C)C1=O. The van der Waals surface area contributed by atoms with Crippen LogP contribution in [0.15, 0.2) is 53.2 Å². The van der Waals surface area contributed by atoms with Crippen LogP contribution in [0.4, 0.5) is 11.4 Å². The maximum Gasteiger partial charge on any atom is 0.340 e. The number of nitrogens with one attached hydrogen (secondary N) is 1. The van der Waals surface area contributed by atoms with Crippen molar-refractivity contribution in [1.82, 2.24) is 0 Å². The topological polar surface area (TPSA) is 75.7 Å². The molecule has 8 heteroatoms. The van der Waals surface area contributed by atoms with Crippen molar-refractivity contribution in [3.8, 4) is 0 Å². The van der Waals surface area contributed by atoms with E-state index in [1.807, 2.05) is 0 Å². The zero-order chi connectivity index (χ0) is 21.3. The van der Waals surface area contributed by atoms with Crippen LogP contribution in [0.2, 0.25) is 5.02 Å². The van der Waals surface area contributed by atoms with Crippen molar-refractivity contribution in [2.45, 2.75) is 26.9 Å². The van der Waals surface area contributed by atoms with E-state index in [1.165, 1.54) is 12.1 Å². The molecule has 2 aromatic carbocycles. The van der Waals surface area contributed by atoms with Gasteiger partial charge in [0.1, 0.15) is 10.7 Å². The lowest BCUT2D eigenvalue weighted by Crippen LogP contribution is -2.34. The van der Waals surface area contributed by atoms with Crippen LogP contribution in [-0.2, 0) is 14.3 Å². The molecule has 1 N–H and O–H groups in total. The lowest BCUT2D eigenvalue weighted by Gasteiger charge is -2.19. The van der Waals surface area contributed by atoms with Crippen molar-refractivity contribution in [3.05, 3.63) is 69.3 Å². The highest BCUT2D eigenvalue weighted by Gasteiger charge is 2.40. The number of para-hydroxylation sites is 1. The summed E-state index contributed by atoms with van der Waals surface area (Å²) in [5.41, 5.74) is 1.48. The molecule has 2 aromatic rings. The number of rotatable bonds is 5. The molecular weight excluding hydrogens is 415 g/mol. The third-order valence-electron chi connectivity index (χ3n) is 4.18. The van der Waals surface area contributed by atoms with Crippen LogP contribution in [0.25, 0.3) is 0 Å². The highest BCUT2D eigenvalue weighted by atomic mass is 35.5. The molecule has 29 heavy (non-hydrogen) atoms. The van der Waals surface area contributed by atoms with Crippen molar-refractivity contribution in [2.75, 3.05) is 10.2 Å². The summed E-state index contributed by atoms with van der Waals surface area (Å²) in [6.07, 6.45) is -0.354. The number of ether oxygens (including phenoxy) is 1. The fourth-order valence-electron chi connectivity index (χ4n) is 2.85. The van der Waals surface area contributed by atoms with Gasteiger partial charge in [0.25, 0.3) is 11.8 Å². The Kier molecular flexibility index (Phi) is 5.96. The minimum Gasteiger partial charge on any atom is -0.459 e. The van der Waals surface area contributed by atoms with Gasteiger partial charge in [0.05, 0.1) is 17.4 Å². The molecule has 0 spiro atoms. The summed E-state index contributed by atoms with van der Waals surface area (Å²) in [6.45, 7) is 5.22. The van der Waals surface area contributed by atoms with E-state index < -0.39 is 17.8 Å². The third-order valence-corrected chi connectivity index (χ3v) is 4.77. The summed E-state index contributed by atoms with van der Waals surface area (Å²) >= 11 is 12.1. The zero-order valence-electron chi connectivity index (χ0n) is 16.0. The maximum atomic E-state index is 13.0. The van der Waals surface area contributed by atoms with Gasteiger partial charge in [-0.3, -0.25) is 9.59 Å². The van der Waals surface area contributed by atoms with Gasteiger partial charge in [0.15, 0.2) is 0 Å². The average molecular weight is 433 g/mol. The molecule has 3 rings (SSSR count). The van der Waals surface area contributed by atoms with E-state index in [2.05, 4.69) is 5.32 Å². The molecule has 1 aliphatic heterocycles. The summed E-state index contributed by atoms with van der Waals surface area (Å²) in [7, 11) is 0. The van der Waals surface area contributed by atoms with Gasteiger partial charge < -0.3 is 10.1 Å². The van der Waals surface area contributed by atoms with Gasteiger partial charge in [-0.05, 0) is 56.7 Å².